The first-order valence-corrected chi connectivity index (χ1v) is 7.16. The molecule has 2 atom stereocenters. The monoisotopic (exact) mass is 259 g/mol. The number of carbonyl (C=O) groups excluding carboxylic acids is 1. The van der Waals surface area contributed by atoms with Crippen molar-refractivity contribution in [2.75, 3.05) is 13.1 Å². The van der Waals surface area contributed by atoms with Gasteiger partial charge in [-0.2, -0.15) is 5.10 Å². The maximum atomic E-state index is 12.6. The molecule has 0 bridgehead atoms. The van der Waals surface area contributed by atoms with Crippen LogP contribution >= 0.6 is 0 Å². The maximum absolute atomic E-state index is 12.6. The molecule has 1 fully saturated rings. The zero-order valence-electron chi connectivity index (χ0n) is 11.6. The van der Waals surface area contributed by atoms with E-state index in [1.54, 1.807) is 6.20 Å². The van der Waals surface area contributed by atoms with Crippen LogP contribution in [-0.4, -0.2) is 34.1 Å². The number of aryl methyl sites for hydroxylation is 1. The van der Waals surface area contributed by atoms with Crippen LogP contribution in [0.4, 0.5) is 0 Å². The van der Waals surface area contributed by atoms with Gasteiger partial charge < -0.3 is 4.90 Å². The number of hydrogen-bond donors (Lipinski definition) is 1. The highest BCUT2D eigenvalue weighted by atomic mass is 16.2. The number of fused-ring (bicyclic) bond motifs is 1. The number of aromatic amines is 1. The third kappa shape index (κ3) is 2.20. The molecule has 3 rings (SSSR count). The Morgan fingerprint density at radius 1 is 1.47 bits per heavy atom. The molecule has 1 aliphatic heterocycles. The van der Waals surface area contributed by atoms with E-state index in [4.69, 9.17) is 0 Å². The second kappa shape index (κ2) is 4.83. The van der Waals surface area contributed by atoms with Gasteiger partial charge in [-0.15, -0.1) is 0 Å². The summed E-state index contributed by atoms with van der Waals surface area (Å²) in [5.74, 6) is 1.47. The quantitative estimate of drug-likeness (QED) is 0.829. The minimum atomic E-state index is 0.151. The lowest BCUT2D eigenvalue weighted by molar-refractivity contribution is 0.0783. The Hall–Kier alpha value is -1.58. The number of nitrogens with zero attached hydrogens (tertiary/aromatic N) is 2. The molecule has 0 saturated carbocycles. The minimum absolute atomic E-state index is 0.151. The summed E-state index contributed by atoms with van der Waals surface area (Å²) in [5.41, 5.74) is 3.19. The van der Waals surface area contributed by atoms with Gasteiger partial charge in [-0.05, 0) is 38.0 Å². The number of rotatable bonds is 2. The summed E-state index contributed by atoms with van der Waals surface area (Å²) in [5, 5.41) is 6.93. The van der Waals surface area contributed by atoms with Crippen LogP contribution in [0.15, 0.2) is 17.8 Å². The van der Waals surface area contributed by atoms with Crippen LogP contribution in [0.2, 0.25) is 0 Å². The molecule has 4 nitrogen and oxygen atoms in total. The van der Waals surface area contributed by atoms with Gasteiger partial charge in [0.2, 0.25) is 0 Å². The molecule has 0 aromatic carbocycles. The molecule has 1 aromatic rings. The number of hydrogen-bond acceptors (Lipinski definition) is 2. The van der Waals surface area contributed by atoms with Crippen LogP contribution in [0, 0.1) is 11.8 Å². The minimum Gasteiger partial charge on any atom is -0.338 e. The van der Waals surface area contributed by atoms with Crippen molar-refractivity contribution in [2.24, 2.45) is 11.8 Å². The third-order valence-electron chi connectivity index (χ3n) is 4.52. The van der Waals surface area contributed by atoms with Crippen molar-refractivity contribution in [1.29, 1.82) is 0 Å². The van der Waals surface area contributed by atoms with Gasteiger partial charge >= 0.3 is 0 Å². The second-order valence-corrected chi connectivity index (χ2v) is 5.84. The molecule has 1 aliphatic carbocycles. The van der Waals surface area contributed by atoms with Gasteiger partial charge in [-0.25, -0.2) is 0 Å². The van der Waals surface area contributed by atoms with Crippen molar-refractivity contribution in [3.05, 3.63) is 29.1 Å². The van der Waals surface area contributed by atoms with Crippen LogP contribution in [0.25, 0.3) is 0 Å². The van der Waals surface area contributed by atoms with Crippen LogP contribution in [0.1, 0.15) is 42.7 Å². The normalized spacial score (nSPS) is 26.2. The average Bonchev–Trinajstić information content (AvgIpc) is 3.03. The molecule has 2 aliphatic rings. The summed E-state index contributed by atoms with van der Waals surface area (Å²) >= 11 is 0. The fourth-order valence-electron chi connectivity index (χ4n) is 3.39. The third-order valence-corrected chi connectivity index (χ3v) is 4.52. The Morgan fingerprint density at radius 3 is 3.05 bits per heavy atom. The highest BCUT2D eigenvalue weighted by Crippen LogP contribution is 2.36. The van der Waals surface area contributed by atoms with Gasteiger partial charge in [-0.3, -0.25) is 9.89 Å². The molecule has 2 heterocycles. The smallest absolute Gasteiger partial charge is 0.257 e. The molecule has 0 unspecified atom stereocenters. The van der Waals surface area contributed by atoms with Crippen molar-refractivity contribution < 1.29 is 4.79 Å². The van der Waals surface area contributed by atoms with Gasteiger partial charge in [0, 0.05) is 18.8 Å². The van der Waals surface area contributed by atoms with Crippen LogP contribution < -0.4 is 0 Å². The number of aromatic nitrogens is 2. The summed E-state index contributed by atoms with van der Waals surface area (Å²) in [6.07, 6.45) is 7.12. The standard InChI is InChI=1S/C15H21N3O/c1-3-14-13(7-16-17-14)15(19)18-8-11-5-4-10(2)6-12(11)9-18/h4,7,11-12H,3,5-6,8-9H2,1-2H3,(H,16,17)/t11-,12+/m0/s1. The zero-order chi connectivity index (χ0) is 13.4. The summed E-state index contributed by atoms with van der Waals surface area (Å²) in [4.78, 5) is 14.6. The van der Waals surface area contributed by atoms with Gasteiger partial charge in [0.05, 0.1) is 11.8 Å². The number of nitrogens with one attached hydrogen (secondary N) is 1. The number of allylic oxidation sites excluding steroid dienone is 2. The van der Waals surface area contributed by atoms with Crippen LogP contribution in [0.3, 0.4) is 0 Å². The first kappa shape index (κ1) is 12.5. The van der Waals surface area contributed by atoms with Crippen molar-refractivity contribution >= 4 is 5.91 Å². The van der Waals surface area contributed by atoms with Gasteiger partial charge in [0.15, 0.2) is 0 Å². The molecular formula is C15H21N3O. The Kier molecular flexibility index (Phi) is 3.17. The predicted molar refractivity (Wildman–Crippen MR) is 73.8 cm³/mol. The Labute approximate surface area is 113 Å². The molecule has 1 aromatic heterocycles. The van der Waals surface area contributed by atoms with E-state index in [-0.39, 0.29) is 5.91 Å². The van der Waals surface area contributed by atoms with Crippen molar-refractivity contribution in [3.8, 4) is 0 Å². The lowest BCUT2D eigenvalue weighted by Gasteiger charge is -2.21. The SMILES string of the molecule is CCc1[nH]ncc1C(=O)N1C[C@H]2CC(C)=CC[C@H]2C1. The summed E-state index contributed by atoms with van der Waals surface area (Å²) in [7, 11) is 0. The Morgan fingerprint density at radius 2 is 2.26 bits per heavy atom. The highest BCUT2D eigenvalue weighted by molar-refractivity contribution is 5.95. The number of H-pyrrole nitrogens is 1. The highest BCUT2D eigenvalue weighted by Gasteiger charge is 2.37. The molecule has 19 heavy (non-hydrogen) atoms. The van der Waals surface area contributed by atoms with E-state index in [1.807, 2.05) is 11.8 Å². The first-order valence-electron chi connectivity index (χ1n) is 7.16. The molecule has 0 spiro atoms. The van der Waals surface area contributed by atoms with Gasteiger partial charge in [-0.1, -0.05) is 18.6 Å². The summed E-state index contributed by atoms with van der Waals surface area (Å²) < 4.78 is 0. The van der Waals surface area contributed by atoms with Crippen LogP contribution in [0.5, 0.6) is 0 Å². The van der Waals surface area contributed by atoms with Crippen LogP contribution in [-0.2, 0) is 6.42 Å². The second-order valence-electron chi connectivity index (χ2n) is 5.84. The lowest BCUT2D eigenvalue weighted by Crippen LogP contribution is -2.29. The topological polar surface area (TPSA) is 49.0 Å². The first-order chi connectivity index (χ1) is 9.19. The number of carbonyl (C=O) groups is 1. The van der Waals surface area contributed by atoms with E-state index >= 15 is 0 Å². The molecule has 102 valence electrons. The van der Waals surface area contributed by atoms with Gasteiger partial charge in [0.25, 0.3) is 5.91 Å². The lowest BCUT2D eigenvalue weighted by atomic mass is 9.83. The van der Waals surface area contributed by atoms with Crippen molar-refractivity contribution in [1.82, 2.24) is 15.1 Å². The Balaban J connectivity index is 1.74. The zero-order valence-corrected chi connectivity index (χ0v) is 11.6. The van der Waals surface area contributed by atoms with Gasteiger partial charge in [0.1, 0.15) is 0 Å². The predicted octanol–water partition coefficient (Wildman–Crippen LogP) is 2.40. The fraction of sp³-hybridized carbons (Fsp3) is 0.600. The molecule has 1 N–H and O–H groups in total. The van der Waals surface area contributed by atoms with E-state index in [9.17, 15) is 4.79 Å². The maximum Gasteiger partial charge on any atom is 0.257 e. The molecule has 1 saturated heterocycles. The largest absolute Gasteiger partial charge is 0.338 e. The summed E-state index contributed by atoms with van der Waals surface area (Å²) in [6.45, 7) is 6.05. The van der Waals surface area contributed by atoms with E-state index in [0.717, 1.165) is 43.6 Å². The fourth-order valence-corrected chi connectivity index (χ4v) is 3.39. The average molecular weight is 259 g/mol. The van der Waals surface area contributed by atoms with Crippen molar-refractivity contribution in [2.45, 2.75) is 33.1 Å². The summed E-state index contributed by atoms with van der Waals surface area (Å²) in [6, 6.07) is 0. The van der Waals surface area contributed by atoms with E-state index < -0.39 is 0 Å². The number of likely N-dealkylation sites (tertiary alicyclic amines) is 1. The van der Waals surface area contributed by atoms with E-state index in [0.29, 0.717) is 11.8 Å². The molecule has 4 heteroatoms. The molecular weight excluding hydrogens is 238 g/mol. The van der Waals surface area contributed by atoms with Crippen molar-refractivity contribution in [3.63, 3.8) is 0 Å². The number of amides is 1. The molecule has 1 amide bonds. The Bertz CT molecular complexity index is 517. The van der Waals surface area contributed by atoms with E-state index in [1.165, 1.54) is 5.57 Å². The van der Waals surface area contributed by atoms with E-state index in [2.05, 4.69) is 23.2 Å². The molecule has 0 radical (unpaired) electrons.